The molecule has 13 heavy (non-hydrogen) atoms. The first kappa shape index (κ1) is 9.55. The van der Waals surface area contributed by atoms with Crippen molar-refractivity contribution in [3.05, 3.63) is 26.6 Å². The van der Waals surface area contributed by atoms with Gasteiger partial charge < -0.3 is 5.73 Å². The molecular formula is C9H7ClINS. The molecule has 4 heteroatoms. The van der Waals surface area contributed by atoms with Gasteiger partial charge in [0, 0.05) is 20.2 Å². The Balaban J connectivity index is 2.80. The summed E-state index contributed by atoms with van der Waals surface area (Å²) in [5.74, 6) is 0.482. The van der Waals surface area contributed by atoms with E-state index in [1.165, 1.54) is 8.96 Å². The molecule has 0 unspecified atom stereocenters. The van der Waals surface area contributed by atoms with Gasteiger partial charge in [0.05, 0.1) is 10.4 Å². The molecular weight excluding hydrogens is 317 g/mol. The molecule has 0 aliphatic carbocycles. The van der Waals surface area contributed by atoms with E-state index in [1.807, 2.05) is 6.07 Å². The normalized spacial score (nSPS) is 10.9. The predicted octanol–water partition coefficient (Wildman–Crippen LogP) is 3.83. The first-order chi connectivity index (χ1) is 6.24. The Bertz CT molecular complexity index is 452. The molecule has 0 radical (unpaired) electrons. The van der Waals surface area contributed by atoms with E-state index in [1.54, 1.807) is 11.3 Å². The molecule has 68 valence electrons. The number of thiophene rings is 1. The molecule has 1 aromatic heterocycles. The smallest absolute Gasteiger partial charge is 0.0586 e. The van der Waals surface area contributed by atoms with E-state index in [0.29, 0.717) is 5.88 Å². The van der Waals surface area contributed by atoms with E-state index in [2.05, 4.69) is 34.0 Å². The molecule has 2 rings (SSSR count). The Labute approximate surface area is 99.0 Å². The van der Waals surface area contributed by atoms with Crippen molar-refractivity contribution in [1.29, 1.82) is 0 Å². The van der Waals surface area contributed by atoms with Gasteiger partial charge in [-0.2, -0.15) is 0 Å². The third-order valence-corrected chi connectivity index (χ3v) is 4.60. The largest absolute Gasteiger partial charge is 0.397 e. The maximum absolute atomic E-state index is 5.97. The lowest BCUT2D eigenvalue weighted by Crippen LogP contribution is -1.91. The fourth-order valence-corrected chi connectivity index (χ4v) is 3.40. The quantitative estimate of drug-likeness (QED) is 0.482. The summed E-state index contributed by atoms with van der Waals surface area (Å²) in [6.07, 6.45) is 0. The summed E-state index contributed by atoms with van der Waals surface area (Å²) in [6.45, 7) is 0. The second kappa shape index (κ2) is 3.63. The van der Waals surface area contributed by atoms with Gasteiger partial charge >= 0.3 is 0 Å². The van der Waals surface area contributed by atoms with Crippen LogP contribution in [0.5, 0.6) is 0 Å². The highest BCUT2D eigenvalue weighted by atomic mass is 127. The maximum Gasteiger partial charge on any atom is 0.0586 e. The third kappa shape index (κ3) is 1.53. The number of benzene rings is 1. The molecule has 0 bridgehead atoms. The molecule has 2 aromatic rings. The van der Waals surface area contributed by atoms with Gasteiger partial charge in [0.15, 0.2) is 0 Å². The van der Waals surface area contributed by atoms with E-state index in [0.717, 1.165) is 16.0 Å². The van der Waals surface area contributed by atoms with Gasteiger partial charge in [0.25, 0.3) is 0 Å². The van der Waals surface area contributed by atoms with Crippen molar-refractivity contribution >= 4 is 61.3 Å². The van der Waals surface area contributed by atoms with Gasteiger partial charge in [-0.15, -0.1) is 22.9 Å². The number of nitrogens with two attached hydrogens (primary N) is 1. The number of rotatable bonds is 1. The predicted molar refractivity (Wildman–Crippen MR) is 68.5 cm³/mol. The molecule has 0 spiro atoms. The van der Waals surface area contributed by atoms with Crippen LogP contribution in [0.1, 0.15) is 5.56 Å². The van der Waals surface area contributed by atoms with Crippen molar-refractivity contribution in [1.82, 2.24) is 0 Å². The monoisotopic (exact) mass is 323 g/mol. The first-order valence-electron chi connectivity index (χ1n) is 3.74. The molecule has 0 fully saturated rings. The summed E-state index contributed by atoms with van der Waals surface area (Å²) in [5.41, 5.74) is 7.82. The molecule has 0 saturated carbocycles. The topological polar surface area (TPSA) is 26.0 Å². The zero-order chi connectivity index (χ0) is 9.42. The highest BCUT2D eigenvalue weighted by molar-refractivity contribution is 14.1. The molecule has 0 saturated heterocycles. The molecule has 1 aromatic carbocycles. The number of fused-ring (bicyclic) bond motifs is 1. The summed E-state index contributed by atoms with van der Waals surface area (Å²) in [5, 5.41) is 3.34. The zero-order valence-corrected chi connectivity index (χ0v) is 10.4. The molecule has 0 aliphatic heterocycles. The Morgan fingerprint density at radius 3 is 2.92 bits per heavy atom. The van der Waals surface area contributed by atoms with Crippen molar-refractivity contribution in [3.63, 3.8) is 0 Å². The Morgan fingerprint density at radius 2 is 2.23 bits per heavy atom. The van der Waals surface area contributed by atoms with Crippen LogP contribution in [0, 0.1) is 3.57 Å². The van der Waals surface area contributed by atoms with Crippen LogP contribution in [-0.4, -0.2) is 0 Å². The van der Waals surface area contributed by atoms with E-state index in [4.69, 9.17) is 17.3 Å². The molecule has 1 nitrogen and oxygen atoms in total. The molecule has 2 N–H and O–H groups in total. The van der Waals surface area contributed by atoms with Crippen LogP contribution >= 0.6 is 45.5 Å². The standard InChI is InChI=1S/C9H7ClINS/c10-3-5-1-2-6-7(11)4-13-9(6)8(5)12/h1-2,4H,3,12H2. The van der Waals surface area contributed by atoms with Crippen molar-refractivity contribution in [2.45, 2.75) is 5.88 Å². The van der Waals surface area contributed by atoms with Crippen LogP contribution in [-0.2, 0) is 5.88 Å². The van der Waals surface area contributed by atoms with Crippen molar-refractivity contribution in [2.75, 3.05) is 5.73 Å². The van der Waals surface area contributed by atoms with E-state index < -0.39 is 0 Å². The molecule has 0 aliphatic rings. The average Bonchev–Trinajstić information content (AvgIpc) is 2.50. The van der Waals surface area contributed by atoms with Crippen LogP contribution < -0.4 is 5.73 Å². The summed E-state index contributed by atoms with van der Waals surface area (Å²) in [7, 11) is 0. The molecule has 0 amide bonds. The maximum atomic E-state index is 5.97. The Morgan fingerprint density at radius 1 is 1.46 bits per heavy atom. The number of anilines is 1. The second-order valence-corrected chi connectivity index (χ2v) is 5.04. The van der Waals surface area contributed by atoms with Gasteiger partial charge in [-0.1, -0.05) is 12.1 Å². The number of nitrogen functional groups attached to an aromatic ring is 1. The molecule has 0 atom stereocenters. The van der Waals surface area contributed by atoms with Crippen molar-refractivity contribution in [2.24, 2.45) is 0 Å². The Kier molecular flexibility index (Phi) is 2.67. The second-order valence-electron chi connectivity index (χ2n) is 2.73. The number of hydrogen-bond donors (Lipinski definition) is 1. The number of alkyl halides is 1. The van der Waals surface area contributed by atoms with Crippen LogP contribution in [0.4, 0.5) is 5.69 Å². The van der Waals surface area contributed by atoms with Crippen LogP contribution in [0.2, 0.25) is 0 Å². The van der Waals surface area contributed by atoms with E-state index in [9.17, 15) is 0 Å². The van der Waals surface area contributed by atoms with E-state index in [-0.39, 0.29) is 0 Å². The highest BCUT2D eigenvalue weighted by Crippen LogP contribution is 2.34. The van der Waals surface area contributed by atoms with Gasteiger partial charge in [-0.3, -0.25) is 0 Å². The summed E-state index contributed by atoms with van der Waals surface area (Å²) in [4.78, 5) is 0. The minimum atomic E-state index is 0.482. The van der Waals surface area contributed by atoms with Gasteiger partial charge in [0.2, 0.25) is 0 Å². The first-order valence-corrected chi connectivity index (χ1v) is 6.23. The lowest BCUT2D eigenvalue weighted by atomic mass is 10.1. The number of hydrogen-bond acceptors (Lipinski definition) is 2. The lowest BCUT2D eigenvalue weighted by molar-refractivity contribution is 1.43. The fraction of sp³-hybridized carbons (Fsp3) is 0.111. The van der Waals surface area contributed by atoms with Crippen LogP contribution in [0.15, 0.2) is 17.5 Å². The van der Waals surface area contributed by atoms with E-state index >= 15 is 0 Å². The van der Waals surface area contributed by atoms with Gasteiger partial charge in [0.1, 0.15) is 0 Å². The zero-order valence-electron chi connectivity index (χ0n) is 6.68. The lowest BCUT2D eigenvalue weighted by Gasteiger charge is -2.02. The van der Waals surface area contributed by atoms with Crippen LogP contribution in [0.3, 0.4) is 0 Å². The number of halogens is 2. The minimum absolute atomic E-state index is 0.482. The van der Waals surface area contributed by atoms with Crippen molar-refractivity contribution < 1.29 is 0 Å². The summed E-state index contributed by atoms with van der Waals surface area (Å²) in [6, 6.07) is 4.08. The van der Waals surface area contributed by atoms with Gasteiger partial charge in [-0.25, -0.2) is 0 Å². The fourth-order valence-electron chi connectivity index (χ4n) is 1.25. The minimum Gasteiger partial charge on any atom is -0.397 e. The SMILES string of the molecule is Nc1c(CCl)ccc2c(I)csc12. The summed E-state index contributed by atoms with van der Waals surface area (Å²) < 4.78 is 2.41. The molecule has 1 heterocycles. The summed E-state index contributed by atoms with van der Waals surface area (Å²) >= 11 is 9.76. The third-order valence-electron chi connectivity index (χ3n) is 1.97. The highest BCUT2D eigenvalue weighted by Gasteiger charge is 2.07. The average molecular weight is 324 g/mol. The van der Waals surface area contributed by atoms with Gasteiger partial charge in [-0.05, 0) is 28.2 Å². The van der Waals surface area contributed by atoms with Crippen molar-refractivity contribution in [3.8, 4) is 0 Å². The van der Waals surface area contributed by atoms with Crippen LogP contribution in [0.25, 0.3) is 10.1 Å². The Hall–Kier alpha value is -0.0000000000000000833.